The number of nitrogens with one attached hydrogen (secondary N) is 1. The van der Waals surface area contributed by atoms with Crippen molar-refractivity contribution in [1.29, 1.82) is 0 Å². The van der Waals surface area contributed by atoms with Crippen LogP contribution in [0.4, 0.5) is 8.78 Å². The first-order chi connectivity index (χ1) is 4.13. The average Bonchev–Trinajstić information content (AvgIpc) is 1.63. The van der Waals surface area contributed by atoms with Crippen molar-refractivity contribution in [1.82, 2.24) is 5.32 Å². The summed E-state index contributed by atoms with van der Waals surface area (Å²) < 4.78 is 22.7. The van der Waals surface area contributed by atoms with Gasteiger partial charge in [0.15, 0.2) is 0 Å². The number of rotatable bonds is 4. The van der Waals surface area contributed by atoms with Crippen LogP contribution in [0.3, 0.4) is 0 Å². The van der Waals surface area contributed by atoms with Crippen molar-refractivity contribution in [3.05, 3.63) is 11.6 Å². The van der Waals surface area contributed by atoms with E-state index in [9.17, 15) is 8.78 Å². The molecule has 0 fully saturated rings. The highest BCUT2D eigenvalue weighted by Gasteiger charge is 1.99. The molecule has 0 saturated carbocycles. The van der Waals surface area contributed by atoms with E-state index in [1.807, 2.05) is 0 Å². The fraction of sp³-hybridized carbons (Fsp3) is 0.600. The van der Waals surface area contributed by atoms with Gasteiger partial charge in [-0.25, -0.2) is 8.78 Å². The minimum absolute atomic E-state index is 0.242. The van der Waals surface area contributed by atoms with Crippen molar-refractivity contribution in [3.8, 4) is 0 Å². The Kier molecular flexibility index (Phi) is 4.62. The second-order valence-electron chi connectivity index (χ2n) is 1.54. The molecular formula is C5H8ClF2N. The Morgan fingerprint density at radius 2 is 2.22 bits per heavy atom. The van der Waals surface area contributed by atoms with E-state index < -0.39 is 6.43 Å². The largest absolute Gasteiger partial charge is 0.306 e. The van der Waals surface area contributed by atoms with Crippen LogP contribution >= 0.6 is 11.6 Å². The predicted molar refractivity (Wildman–Crippen MR) is 33.9 cm³/mol. The van der Waals surface area contributed by atoms with Crippen LogP contribution in [-0.2, 0) is 0 Å². The van der Waals surface area contributed by atoms with Gasteiger partial charge in [-0.1, -0.05) is 18.2 Å². The minimum Gasteiger partial charge on any atom is -0.306 e. The summed E-state index contributed by atoms with van der Waals surface area (Å²) in [6.45, 7) is 3.22. The second-order valence-corrected chi connectivity index (χ2v) is 2.07. The second kappa shape index (κ2) is 4.70. The molecule has 0 aromatic heterocycles. The molecule has 0 rings (SSSR count). The zero-order valence-corrected chi connectivity index (χ0v) is 5.59. The molecule has 0 heterocycles. The molecule has 0 spiro atoms. The van der Waals surface area contributed by atoms with Gasteiger partial charge in [0.1, 0.15) is 0 Å². The third kappa shape index (κ3) is 7.85. The monoisotopic (exact) mass is 155 g/mol. The van der Waals surface area contributed by atoms with Crippen molar-refractivity contribution in [2.45, 2.75) is 6.43 Å². The van der Waals surface area contributed by atoms with Crippen LogP contribution in [0.5, 0.6) is 0 Å². The lowest BCUT2D eigenvalue weighted by Gasteiger charge is -1.99. The van der Waals surface area contributed by atoms with E-state index in [1.165, 1.54) is 0 Å². The fourth-order valence-corrected chi connectivity index (χ4v) is 0.411. The number of alkyl halides is 2. The Balaban J connectivity index is 3.01. The van der Waals surface area contributed by atoms with Gasteiger partial charge in [0, 0.05) is 11.6 Å². The van der Waals surface area contributed by atoms with Crippen LogP contribution in [-0.4, -0.2) is 19.5 Å². The Hall–Kier alpha value is -0.150. The van der Waals surface area contributed by atoms with Crippen molar-refractivity contribution in [2.24, 2.45) is 0 Å². The van der Waals surface area contributed by atoms with Gasteiger partial charge in [-0.15, -0.1) is 0 Å². The molecule has 0 aliphatic heterocycles. The summed E-state index contributed by atoms with van der Waals surface area (Å²) in [7, 11) is 0. The van der Waals surface area contributed by atoms with Gasteiger partial charge >= 0.3 is 0 Å². The minimum atomic E-state index is -2.32. The van der Waals surface area contributed by atoms with Crippen LogP contribution in [0, 0.1) is 0 Å². The molecule has 54 valence electrons. The molecule has 0 saturated heterocycles. The van der Waals surface area contributed by atoms with Crippen LogP contribution in [0.25, 0.3) is 0 Å². The average molecular weight is 156 g/mol. The Labute approximate surface area is 57.7 Å². The predicted octanol–water partition coefficient (Wildman–Crippen LogP) is 1.59. The molecule has 1 nitrogen and oxygen atoms in total. The maximum Gasteiger partial charge on any atom is 0.250 e. The van der Waals surface area contributed by atoms with Gasteiger partial charge in [0.05, 0.1) is 6.54 Å². The van der Waals surface area contributed by atoms with Gasteiger partial charge in [-0.3, -0.25) is 0 Å². The maximum absolute atomic E-state index is 11.3. The first-order valence-electron chi connectivity index (χ1n) is 2.45. The fourth-order valence-electron chi connectivity index (χ4n) is 0.317. The van der Waals surface area contributed by atoms with Gasteiger partial charge in [0.25, 0.3) is 6.43 Å². The third-order valence-corrected chi connectivity index (χ3v) is 0.749. The van der Waals surface area contributed by atoms with Crippen LogP contribution in [0.1, 0.15) is 0 Å². The molecule has 0 aliphatic rings. The third-order valence-electron chi connectivity index (χ3n) is 0.615. The highest BCUT2D eigenvalue weighted by atomic mass is 35.5. The standard InChI is InChI=1S/C5H8ClF2N/c1-4(6)2-9-3-5(7)8/h5,9H,1-3H2. The molecule has 0 aliphatic carbocycles. The highest BCUT2D eigenvalue weighted by molar-refractivity contribution is 6.29. The van der Waals surface area contributed by atoms with E-state index in [4.69, 9.17) is 11.6 Å². The normalized spacial score (nSPS) is 10.2. The van der Waals surface area contributed by atoms with Crippen LogP contribution in [0.15, 0.2) is 11.6 Å². The molecule has 0 amide bonds. The van der Waals surface area contributed by atoms with E-state index in [0.717, 1.165) is 0 Å². The molecule has 4 heteroatoms. The molecule has 1 N–H and O–H groups in total. The summed E-state index contributed by atoms with van der Waals surface area (Å²) in [4.78, 5) is 0. The van der Waals surface area contributed by atoms with Crippen molar-refractivity contribution < 1.29 is 8.78 Å². The number of hydrogen-bond donors (Lipinski definition) is 1. The van der Waals surface area contributed by atoms with E-state index >= 15 is 0 Å². The Morgan fingerprint density at radius 3 is 2.56 bits per heavy atom. The molecule has 0 bridgehead atoms. The SMILES string of the molecule is C=C(Cl)CNCC(F)F. The quantitative estimate of drug-likeness (QED) is 0.650. The zero-order valence-electron chi connectivity index (χ0n) is 4.83. The van der Waals surface area contributed by atoms with Crippen molar-refractivity contribution in [2.75, 3.05) is 13.1 Å². The molecule has 0 aromatic rings. The highest BCUT2D eigenvalue weighted by Crippen LogP contribution is 1.93. The van der Waals surface area contributed by atoms with E-state index in [-0.39, 0.29) is 13.1 Å². The van der Waals surface area contributed by atoms with E-state index in [0.29, 0.717) is 5.03 Å². The topological polar surface area (TPSA) is 12.0 Å². The zero-order chi connectivity index (χ0) is 7.28. The smallest absolute Gasteiger partial charge is 0.250 e. The van der Waals surface area contributed by atoms with Crippen molar-refractivity contribution >= 4 is 11.6 Å². The van der Waals surface area contributed by atoms with E-state index in [1.54, 1.807) is 0 Å². The molecular weight excluding hydrogens is 148 g/mol. The van der Waals surface area contributed by atoms with E-state index in [2.05, 4.69) is 11.9 Å². The summed E-state index contributed by atoms with van der Waals surface area (Å²) >= 11 is 5.26. The van der Waals surface area contributed by atoms with Crippen LogP contribution in [0.2, 0.25) is 0 Å². The van der Waals surface area contributed by atoms with Crippen molar-refractivity contribution in [3.63, 3.8) is 0 Å². The molecule has 0 atom stereocenters. The van der Waals surface area contributed by atoms with Crippen LogP contribution < -0.4 is 5.32 Å². The summed E-state index contributed by atoms with van der Waals surface area (Å²) in [6, 6.07) is 0. The van der Waals surface area contributed by atoms with Gasteiger partial charge < -0.3 is 5.32 Å². The Morgan fingerprint density at radius 1 is 1.67 bits per heavy atom. The van der Waals surface area contributed by atoms with Gasteiger partial charge in [-0.2, -0.15) is 0 Å². The maximum atomic E-state index is 11.3. The van der Waals surface area contributed by atoms with Gasteiger partial charge in [-0.05, 0) is 0 Å². The molecule has 0 unspecified atom stereocenters. The summed E-state index contributed by atoms with van der Waals surface area (Å²) in [6.07, 6.45) is -2.32. The number of hydrogen-bond acceptors (Lipinski definition) is 1. The number of halogens is 3. The first kappa shape index (κ1) is 8.85. The lowest BCUT2D eigenvalue weighted by Crippen LogP contribution is -2.22. The molecule has 0 aromatic carbocycles. The lowest BCUT2D eigenvalue weighted by molar-refractivity contribution is 0.147. The van der Waals surface area contributed by atoms with Gasteiger partial charge in [0.2, 0.25) is 0 Å². The molecule has 0 radical (unpaired) electrons. The lowest BCUT2D eigenvalue weighted by atomic mass is 10.6. The molecule has 9 heavy (non-hydrogen) atoms. The summed E-state index contributed by atoms with van der Waals surface area (Å²) in [5, 5.41) is 2.75. The Bertz CT molecular complexity index is 95.0. The first-order valence-corrected chi connectivity index (χ1v) is 2.83. The summed E-state index contributed by atoms with van der Waals surface area (Å²) in [5.74, 6) is 0. The summed E-state index contributed by atoms with van der Waals surface area (Å²) in [5.41, 5.74) is 0.